The lowest BCUT2D eigenvalue weighted by Crippen LogP contribution is -2.43. The molecule has 4 heteroatoms. The molecule has 96 valence electrons. The molecule has 4 nitrogen and oxygen atoms in total. The highest BCUT2D eigenvalue weighted by Gasteiger charge is 2.33. The second-order valence-corrected chi connectivity index (χ2v) is 5.31. The summed E-state index contributed by atoms with van der Waals surface area (Å²) in [7, 11) is 2.12. The number of amides is 1. The number of nitrogens with zero attached hydrogens (tertiary/aromatic N) is 2. The predicted molar refractivity (Wildman–Crippen MR) is 68.5 cm³/mol. The van der Waals surface area contributed by atoms with E-state index in [4.69, 9.17) is 0 Å². The monoisotopic (exact) mass is 246 g/mol. The molecule has 0 unspecified atom stereocenters. The van der Waals surface area contributed by atoms with Crippen molar-refractivity contribution in [3.63, 3.8) is 0 Å². The first-order chi connectivity index (χ1) is 8.65. The largest absolute Gasteiger partial charge is 0.508 e. The molecule has 1 amide bonds. The highest BCUT2D eigenvalue weighted by atomic mass is 16.3. The third kappa shape index (κ3) is 1.86. The first kappa shape index (κ1) is 11.5. The van der Waals surface area contributed by atoms with Crippen molar-refractivity contribution in [2.45, 2.75) is 25.4 Å². The van der Waals surface area contributed by atoms with Crippen LogP contribution in [0, 0.1) is 0 Å². The average Bonchev–Trinajstić information content (AvgIpc) is 2.67. The lowest BCUT2D eigenvalue weighted by atomic mass is 10.0. The van der Waals surface area contributed by atoms with E-state index in [2.05, 4.69) is 11.9 Å². The molecule has 3 rings (SSSR count). The zero-order valence-electron chi connectivity index (χ0n) is 10.6. The summed E-state index contributed by atoms with van der Waals surface area (Å²) in [5.74, 6) is 0.367. The molecule has 2 aliphatic rings. The van der Waals surface area contributed by atoms with Crippen LogP contribution in [-0.2, 0) is 6.54 Å². The minimum absolute atomic E-state index is 0.125. The smallest absolute Gasteiger partial charge is 0.254 e. The Labute approximate surface area is 107 Å². The van der Waals surface area contributed by atoms with Crippen molar-refractivity contribution in [1.29, 1.82) is 0 Å². The fourth-order valence-corrected chi connectivity index (χ4v) is 2.93. The molecule has 0 atom stereocenters. The van der Waals surface area contributed by atoms with Gasteiger partial charge in [0.2, 0.25) is 0 Å². The summed E-state index contributed by atoms with van der Waals surface area (Å²) >= 11 is 0. The molecule has 1 aromatic carbocycles. The molecule has 0 bridgehead atoms. The number of aromatic hydroxyl groups is 1. The van der Waals surface area contributed by atoms with E-state index in [1.54, 1.807) is 18.2 Å². The Morgan fingerprint density at radius 3 is 2.72 bits per heavy atom. The number of hydrogen-bond donors (Lipinski definition) is 1. The van der Waals surface area contributed by atoms with Crippen molar-refractivity contribution in [2.75, 3.05) is 20.1 Å². The molecule has 1 fully saturated rings. The van der Waals surface area contributed by atoms with Crippen LogP contribution in [0.15, 0.2) is 18.2 Å². The van der Waals surface area contributed by atoms with Gasteiger partial charge in [0.1, 0.15) is 5.75 Å². The van der Waals surface area contributed by atoms with Gasteiger partial charge in [-0.15, -0.1) is 0 Å². The zero-order chi connectivity index (χ0) is 12.7. The van der Waals surface area contributed by atoms with Crippen molar-refractivity contribution in [3.8, 4) is 5.75 Å². The van der Waals surface area contributed by atoms with Crippen LogP contribution in [0.3, 0.4) is 0 Å². The molecule has 2 heterocycles. The van der Waals surface area contributed by atoms with E-state index in [1.807, 2.05) is 4.90 Å². The highest BCUT2D eigenvalue weighted by Crippen LogP contribution is 2.30. The molecule has 0 radical (unpaired) electrons. The van der Waals surface area contributed by atoms with Gasteiger partial charge in [-0.1, -0.05) is 0 Å². The zero-order valence-corrected chi connectivity index (χ0v) is 10.6. The number of phenols is 1. The first-order valence-electron chi connectivity index (χ1n) is 6.46. The molecule has 18 heavy (non-hydrogen) atoms. The number of hydrogen-bond acceptors (Lipinski definition) is 3. The van der Waals surface area contributed by atoms with E-state index in [1.165, 1.54) is 0 Å². The van der Waals surface area contributed by atoms with Crippen LogP contribution >= 0.6 is 0 Å². The number of fused-ring (bicyclic) bond motifs is 1. The Morgan fingerprint density at radius 2 is 2.00 bits per heavy atom. The third-order valence-electron chi connectivity index (χ3n) is 4.05. The van der Waals surface area contributed by atoms with Crippen LogP contribution in [-0.4, -0.2) is 47.0 Å². The van der Waals surface area contributed by atoms with Gasteiger partial charge in [-0.3, -0.25) is 4.79 Å². The van der Waals surface area contributed by atoms with Gasteiger partial charge in [-0.2, -0.15) is 0 Å². The minimum atomic E-state index is 0.125. The number of benzene rings is 1. The Morgan fingerprint density at radius 1 is 1.28 bits per heavy atom. The third-order valence-corrected chi connectivity index (χ3v) is 4.05. The molecule has 0 saturated carbocycles. The Balaban J connectivity index is 1.80. The van der Waals surface area contributed by atoms with Gasteiger partial charge in [0.05, 0.1) is 0 Å². The Bertz CT molecular complexity index is 479. The van der Waals surface area contributed by atoms with E-state index in [9.17, 15) is 9.90 Å². The maximum atomic E-state index is 12.3. The van der Waals surface area contributed by atoms with Crippen molar-refractivity contribution in [1.82, 2.24) is 9.80 Å². The first-order valence-corrected chi connectivity index (χ1v) is 6.46. The molecular weight excluding hydrogens is 228 g/mol. The van der Waals surface area contributed by atoms with Gasteiger partial charge in [0.15, 0.2) is 0 Å². The SMILES string of the molecule is CN1CCC(N2Cc3cc(O)ccc3C2=O)CC1. The van der Waals surface area contributed by atoms with Crippen LogP contribution in [0.25, 0.3) is 0 Å². The van der Waals surface area contributed by atoms with E-state index in [0.29, 0.717) is 12.6 Å². The normalized spacial score (nSPS) is 21.4. The summed E-state index contributed by atoms with van der Waals surface area (Å²) in [5.41, 5.74) is 1.71. The fraction of sp³-hybridized carbons (Fsp3) is 0.500. The number of carbonyl (C=O) groups excluding carboxylic acids is 1. The molecule has 1 N–H and O–H groups in total. The highest BCUT2D eigenvalue weighted by molar-refractivity contribution is 5.98. The number of carbonyl (C=O) groups is 1. The number of phenolic OH excluding ortho intramolecular Hbond substituents is 1. The molecule has 1 aromatic rings. The van der Waals surface area contributed by atoms with E-state index >= 15 is 0 Å². The van der Waals surface area contributed by atoms with Crippen molar-refractivity contribution < 1.29 is 9.90 Å². The molecule has 1 saturated heterocycles. The molecule has 0 spiro atoms. The van der Waals surface area contributed by atoms with Gasteiger partial charge >= 0.3 is 0 Å². The molecule has 0 aromatic heterocycles. The maximum Gasteiger partial charge on any atom is 0.254 e. The van der Waals surface area contributed by atoms with Crippen LogP contribution in [0.4, 0.5) is 0 Å². The summed E-state index contributed by atoms with van der Waals surface area (Å²) < 4.78 is 0. The lowest BCUT2D eigenvalue weighted by Gasteiger charge is -2.34. The van der Waals surface area contributed by atoms with Crippen LogP contribution < -0.4 is 0 Å². The quantitative estimate of drug-likeness (QED) is 0.815. The van der Waals surface area contributed by atoms with E-state index < -0.39 is 0 Å². The van der Waals surface area contributed by atoms with Crippen molar-refractivity contribution >= 4 is 5.91 Å². The summed E-state index contributed by atoms with van der Waals surface area (Å²) in [5, 5.41) is 9.48. The summed E-state index contributed by atoms with van der Waals surface area (Å²) in [6, 6.07) is 5.39. The predicted octanol–water partition coefficient (Wildman–Crippen LogP) is 1.44. The Hall–Kier alpha value is -1.55. The van der Waals surface area contributed by atoms with Gasteiger partial charge in [0, 0.05) is 18.2 Å². The van der Waals surface area contributed by atoms with Crippen molar-refractivity contribution in [3.05, 3.63) is 29.3 Å². The summed E-state index contributed by atoms with van der Waals surface area (Å²) in [6.07, 6.45) is 2.09. The fourth-order valence-electron chi connectivity index (χ4n) is 2.93. The summed E-state index contributed by atoms with van der Waals surface area (Å²) in [6.45, 7) is 2.75. The summed E-state index contributed by atoms with van der Waals surface area (Å²) in [4.78, 5) is 16.6. The second-order valence-electron chi connectivity index (χ2n) is 5.31. The average molecular weight is 246 g/mol. The van der Waals surface area contributed by atoms with E-state index in [0.717, 1.165) is 37.1 Å². The topological polar surface area (TPSA) is 43.8 Å². The standard InChI is InChI=1S/C14H18N2O2/c1-15-6-4-11(5-7-15)16-9-10-8-12(17)2-3-13(10)14(16)18/h2-3,8,11,17H,4-7,9H2,1H3. The minimum Gasteiger partial charge on any atom is -0.508 e. The van der Waals surface area contributed by atoms with Crippen molar-refractivity contribution in [2.24, 2.45) is 0 Å². The van der Waals surface area contributed by atoms with Crippen LogP contribution in [0.5, 0.6) is 5.75 Å². The maximum absolute atomic E-state index is 12.3. The van der Waals surface area contributed by atoms with Crippen LogP contribution in [0.1, 0.15) is 28.8 Å². The number of rotatable bonds is 1. The second kappa shape index (κ2) is 4.28. The van der Waals surface area contributed by atoms with E-state index in [-0.39, 0.29) is 11.7 Å². The number of piperidine rings is 1. The molecular formula is C14H18N2O2. The lowest BCUT2D eigenvalue weighted by molar-refractivity contribution is 0.0617. The van der Waals surface area contributed by atoms with Crippen LogP contribution in [0.2, 0.25) is 0 Å². The Kier molecular flexibility index (Phi) is 2.74. The number of likely N-dealkylation sites (tertiary alicyclic amines) is 1. The molecule has 2 aliphatic heterocycles. The van der Waals surface area contributed by atoms with Gasteiger partial charge < -0.3 is 14.9 Å². The molecule has 0 aliphatic carbocycles. The van der Waals surface area contributed by atoms with Gasteiger partial charge in [0.25, 0.3) is 5.91 Å². The van der Waals surface area contributed by atoms with Gasteiger partial charge in [-0.25, -0.2) is 0 Å². The van der Waals surface area contributed by atoms with Gasteiger partial charge in [-0.05, 0) is 56.7 Å².